The van der Waals surface area contributed by atoms with Crippen molar-refractivity contribution in [2.45, 2.75) is 10.8 Å². The average molecular weight is 874 g/mol. The molecule has 0 fully saturated rings. The van der Waals surface area contributed by atoms with Crippen LogP contribution in [-0.4, -0.2) is 0 Å². The molecule has 320 valence electrons. The van der Waals surface area contributed by atoms with Crippen molar-refractivity contribution in [1.82, 2.24) is 0 Å². The van der Waals surface area contributed by atoms with Crippen LogP contribution in [0.15, 0.2) is 261 Å². The zero-order chi connectivity index (χ0) is 45.3. The van der Waals surface area contributed by atoms with Crippen molar-refractivity contribution in [1.29, 1.82) is 0 Å². The molecule has 0 aliphatic heterocycles. The van der Waals surface area contributed by atoms with Gasteiger partial charge < -0.3 is 4.90 Å². The number of rotatable bonds is 5. The monoisotopic (exact) mass is 873 g/mol. The maximum absolute atomic E-state index is 2.54. The summed E-state index contributed by atoms with van der Waals surface area (Å²) in [6, 6.07) is 98.1. The van der Waals surface area contributed by atoms with Crippen LogP contribution in [0.25, 0.3) is 65.7 Å². The van der Waals surface area contributed by atoms with Gasteiger partial charge in [0, 0.05) is 16.8 Å². The zero-order valence-electron chi connectivity index (χ0n) is 37.8. The first kappa shape index (κ1) is 38.3. The van der Waals surface area contributed by atoms with E-state index in [0.717, 1.165) is 17.1 Å². The molecule has 1 nitrogen and oxygen atoms in total. The van der Waals surface area contributed by atoms with Gasteiger partial charge in [-0.2, -0.15) is 0 Å². The van der Waals surface area contributed by atoms with Gasteiger partial charge in [0.15, 0.2) is 0 Å². The van der Waals surface area contributed by atoms with Crippen LogP contribution in [0.5, 0.6) is 0 Å². The van der Waals surface area contributed by atoms with Crippen molar-refractivity contribution >= 4 is 49.4 Å². The predicted octanol–water partition coefficient (Wildman–Crippen LogP) is 17.3. The molecule has 0 unspecified atom stereocenters. The maximum Gasteiger partial charge on any atom is 0.0726 e. The molecule has 12 aromatic rings. The third-order valence-electron chi connectivity index (χ3n) is 15.9. The van der Waals surface area contributed by atoms with Gasteiger partial charge in [-0.25, -0.2) is 0 Å². The quantitative estimate of drug-likeness (QED) is 0.156. The smallest absolute Gasteiger partial charge is 0.0726 e. The van der Waals surface area contributed by atoms with Crippen LogP contribution in [0.1, 0.15) is 44.5 Å². The molecule has 0 saturated carbocycles. The lowest BCUT2D eigenvalue weighted by atomic mass is 9.67. The van der Waals surface area contributed by atoms with Crippen molar-refractivity contribution < 1.29 is 0 Å². The molecule has 1 spiro atoms. The molecule has 12 aromatic carbocycles. The molecule has 0 saturated heterocycles. The van der Waals surface area contributed by atoms with Crippen LogP contribution in [0.4, 0.5) is 17.1 Å². The van der Waals surface area contributed by atoms with Crippen LogP contribution in [0.2, 0.25) is 0 Å². The number of hydrogen-bond donors (Lipinski definition) is 0. The Kier molecular flexibility index (Phi) is 7.98. The highest BCUT2D eigenvalue weighted by Gasteiger charge is 2.52. The van der Waals surface area contributed by atoms with Gasteiger partial charge in [0.05, 0.1) is 16.5 Å². The fraction of sp³-hybridized carbons (Fsp3) is 0.0294. The minimum atomic E-state index is -0.499. The van der Waals surface area contributed by atoms with Crippen molar-refractivity contribution in [2.24, 2.45) is 0 Å². The topological polar surface area (TPSA) is 3.24 Å². The summed E-state index contributed by atoms with van der Waals surface area (Å²) >= 11 is 0. The predicted molar refractivity (Wildman–Crippen MR) is 287 cm³/mol. The molecule has 0 amide bonds. The fourth-order valence-electron chi connectivity index (χ4n) is 13.3. The van der Waals surface area contributed by atoms with E-state index in [1.807, 2.05) is 0 Å². The first-order chi connectivity index (χ1) is 34.3. The Labute approximate surface area is 401 Å². The second kappa shape index (κ2) is 14.4. The summed E-state index contributed by atoms with van der Waals surface area (Å²) < 4.78 is 0. The summed E-state index contributed by atoms with van der Waals surface area (Å²) in [5.41, 5.74) is 20.7. The van der Waals surface area contributed by atoms with E-state index in [4.69, 9.17) is 0 Å². The first-order valence-electron chi connectivity index (χ1n) is 24.2. The molecule has 0 bridgehead atoms. The van der Waals surface area contributed by atoms with Gasteiger partial charge in [0.2, 0.25) is 0 Å². The summed E-state index contributed by atoms with van der Waals surface area (Å²) in [6.45, 7) is 0. The standard InChI is InChI=1S/C68H43N/c1-2-19-44(20-3-1)67(59-31-13-8-24-51(59)52-25-9-14-32-60(52)67)45-37-39-46(40-38-45)69(65-36-18-30-58-50-22-5-4-21-48(50)49-23-6-7-29-57(49)66(58)65)47-41-42-56-55-28-12-17-35-63(55)68(64(56)43-47)61-33-15-10-26-53(61)54-27-11-16-34-62(54)68/h1-43H. The van der Waals surface area contributed by atoms with E-state index < -0.39 is 10.8 Å². The Morgan fingerprint density at radius 3 is 1.10 bits per heavy atom. The Morgan fingerprint density at radius 1 is 0.232 bits per heavy atom. The van der Waals surface area contributed by atoms with Gasteiger partial charge in [-0.3, -0.25) is 0 Å². The minimum Gasteiger partial charge on any atom is -0.310 e. The number of benzene rings is 12. The highest BCUT2D eigenvalue weighted by molar-refractivity contribution is 6.28. The van der Waals surface area contributed by atoms with Gasteiger partial charge in [-0.05, 0) is 135 Å². The molecule has 0 heterocycles. The van der Waals surface area contributed by atoms with Crippen molar-refractivity contribution in [3.8, 4) is 33.4 Å². The Bertz CT molecular complexity index is 3930. The van der Waals surface area contributed by atoms with Gasteiger partial charge in [0.1, 0.15) is 0 Å². The molecule has 0 atom stereocenters. The van der Waals surface area contributed by atoms with E-state index in [-0.39, 0.29) is 0 Å². The SMILES string of the molecule is c1ccc(C2(c3ccc(N(c4ccc5c(c4)C4(c6ccccc6-c6ccccc64)c4ccccc4-5)c4cccc5c6ccccc6c6ccccc6c45)cc3)c3ccccc3-c3ccccc32)cc1. The van der Waals surface area contributed by atoms with Gasteiger partial charge in [-0.1, -0.05) is 231 Å². The zero-order valence-corrected chi connectivity index (χ0v) is 37.8. The van der Waals surface area contributed by atoms with Crippen molar-refractivity contribution in [3.05, 3.63) is 305 Å². The highest BCUT2D eigenvalue weighted by atomic mass is 15.1. The van der Waals surface area contributed by atoms with Crippen LogP contribution in [-0.2, 0) is 10.8 Å². The Balaban J connectivity index is 1.02. The second-order valence-electron chi connectivity index (χ2n) is 19.0. The number of hydrogen-bond acceptors (Lipinski definition) is 1. The molecule has 3 aliphatic carbocycles. The van der Waals surface area contributed by atoms with Crippen LogP contribution in [0, 0.1) is 0 Å². The van der Waals surface area contributed by atoms with Crippen LogP contribution < -0.4 is 4.90 Å². The molecular weight excluding hydrogens is 831 g/mol. The third-order valence-corrected chi connectivity index (χ3v) is 15.9. The molecule has 0 N–H and O–H groups in total. The highest BCUT2D eigenvalue weighted by Crippen LogP contribution is 2.64. The third kappa shape index (κ3) is 4.98. The van der Waals surface area contributed by atoms with Crippen molar-refractivity contribution in [3.63, 3.8) is 0 Å². The number of anilines is 3. The summed E-state index contributed by atoms with van der Waals surface area (Å²) in [5.74, 6) is 0. The Morgan fingerprint density at radius 2 is 0.594 bits per heavy atom. The summed E-state index contributed by atoms with van der Waals surface area (Å²) in [6.07, 6.45) is 0. The molecule has 0 aromatic heterocycles. The van der Waals surface area contributed by atoms with E-state index in [1.54, 1.807) is 0 Å². The lowest BCUT2D eigenvalue weighted by Crippen LogP contribution is -2.28. The second-order valence-corrected chi connectivity index (χ2v) is 19.0. The summed E-state index contributed by atoms with van der Waals surface area (Å²) in [5, 5.41) is 7.52. The van der Waals surface area contributed by atoms with E-state index in [9.17, 15) is 0 Å². The lowest BCUT2D eigenvalue weighted by Gasteiger charge is -2.35. The average Bonchev–Trinajstić information content (AvgIpc) is 4.02. The summed E-state index contributed by atoms with van der Waals surface area (Å²) in [7, 11) is 0. The van der Waals surface area contributed by atoms with E-state index in [0.29, 0.717) is 0 Å². The van der Waals surface area contributed by atoms with Crippen LogP contribution in [0.3, 0.4) is 0 Å². The maximum atomic E-state index is 2.54. The van der Waals surface area contributed by atoms with Gasteiger partial charge >= 0.3 is 0 Å². The van der Waals surface area contributed by atoms with E-state index in [2.05, 4.69) is 266 Å². The number of fused-ring (bicyclic) bond motifs is 19. The van der Waals surface area contributed by atoms with Gasteiger partial charge in [0.25, 0.3) is 0 Å². The normalized spacial score (nSPS) is 14.0. The molecule has 15 rings (SSSR count). The van der Waals surface area contributed by atoms with Crippen LogP contribution >= 0.6 is 0 Å². The first-order valence-corrected chi connectivity index (χ1v) is 24.2. The van der Waals surface area contributed by atoms with E-state index in [1.165, 1.54) is 110 Å². The molecule has 69 heavy (non-hydrogen) atoms. The lowest BCUT2D eigenvalue weighted by molar-refractivity contribution is 0.768. The number of nitrogens with zero attached hydrogens (tertiary/aromatic N) is 1. The Hall–Kier alpha value is -8.78. The molecule has 0 radical (unpaired) electrons. The van der Waals surface area contributed by atoms with Gasteiger partial charge in [-0.15, -0.1) is 0 Å². The largest absolute Gasteiger partial charge is 0.310 e. The minimum absolute atomic E-state index is 0.475. The van der Waals surface area contributed by atoms with E-state index >= 15 is 0 Å². The fourth-order valence-corrected chi connectivity index (χ4v) is 13.3. The van der Waals surface area contributed by atoms with Crippen molar-refractivity contribution in [2.75, 3.05) is 4.90 Å². The molecule has 3 aliphatic rings. The molecular formula is C68H43N. The summed E-state index contributed by atoms with van der Waals surface area (Å²) in [4.78, 5) is 2.54. The molecule has 1 heteroatoms.